The van der Waals surface area contributed by atoms with Crippen LogP contribution in [0.1, 0.15) is 76.0 Å². The molecule has 0 saturated heterocycles. The van der Waals surface area contributed by atoms with E-state index in [2.05, 4.69) is 19.9 Å². The third-order valence-electron chi connectivity index (χ3n) is 6.56. The summed E-state index contributed by atoms with van der Waals surface area (Å²) in [6, 6.07) is 3.04. The fourth-order valence-corrected chi connectivity index (χ4v) is 4.55. The average molecular weight is 451 g/mol. The van der Waals surface area contributed by atoms with E-state index in [1.54, 1.807) is 13.0 Å². The summed E-state index contributed by atoms with van der Waals surface area (Å²) in [5.74, 6) is -0.431. The zero-order chi connectivity index (χ0) is 23.9. The predicted octanol–water partition coefficient (Wildman–Crippen LogP) is 7.90. The number of hydrogen-bond acceptors (Lipinski definition) is 2. The second-order valence-corrected chi connectivity index (χ2v) is 9.14. The Hall–Kier alpha value is -2.01. The summed E-state index contributed by atoms with van der Waals surface area (Å²) in [5, 5.41) is 11.2. The van der Waals surface area contributed by atoms with Crippen LogP contribution >= 0.6 is 0 Å². The molecule has 2 nitrogen and oxygen atoms in total. The Morgan fingerprint density at radius 2 is 1.78 bits per heavy atom. The monoisotopic (exact) mass is 450 g/mol. The maximum absolute atomic E-state index is 14.3. The van der Waals surface area contributed by atoms with Gasteiger partial charge in [-0.1, -0.05) is 69.1 Å². The molecule has 1 N–H and O–H groups in total. The van der Waals surface area contributed by atoms with Gasteiger partial charge in [-0.25, -0.2) is 0 Å². The largest absolute Gasteiger partial charge is 0.496 e. The van der Waals surface area contributed by atoms with Gasteiger partial charge in [0, 0.05) is 11.5 Å². The Labute approximate surface area is 190 Å². The molecule has 1 aromatic carbocycles. The first-order valence-corrected chi connectivity index (χ1v) is 11.5. The molecular weight excluding hydrogens is 413 g/mol. The number of alkyl halides is 3. The van der Waals surface area contributed by atoms with Crippen LogP contribution in [0.3, 0.4) is 0 Å². The van der Waals surface area contributed by atoms with Crippen LogP contribution in [0.5, 0.6) is 5.75 Å². The molecule has 1 aliphatic carbocycles. The Kier molecular flexibility index (Phi) is 9.20. The Morgan fingerprint density at radius 3 is 2.34 bits per heavy atom. The highest BCUT2D eigenvalue weighted by molar-refractivity contribution is 5.60. The number of rotatable bonds is 8. The first-order valence-electron chi connectivity index (χ1n) is 11.5. The van der Waals surface area contributed by atoms with Crippen molar-refractivity contribution in [1.29, 1.82) is 0 Å². The van der Waals surface area contributed by atoms with Crippen molar-refractivity contribution in [3.8, 4) is 5.75 Å². The molecule has 0 radical (unpaired) electrons. The summed E-state index contributed by atoms with van der Waals surface area (Å²) in [6.07, 6.45) is 9.02. The number of aryl methyl sites for hydroxylation is 1. The van der Waals surface area contributed by atoms with Crippen LogP contribution in [-0.2, 0) is 5.60 Å². The fraction of sp³-hybridized carbons (Fsp3) is 0.556. The van der Waals surface area contributed by atoms with Crippen molar-refractivity contribution in [1.82, 2.24) is 0 Å². The standard InChI is InChI=1S/C27H37F3O2/c1-6-10-19(2)11-8-7-9-12-22-18-25(32-5)24(17-21(22)4)26(31,27(28,29)30)23-15-13-20(3)14-16-23/h7-9,11-12,17-18,20,23,31H,6,10,13-16H2,1-5H3/b8-7-,12-9+,19-11?. The molecule has 1 fully saturated rings. The summed E-state index contributed by atoms with van der Waals surface area (Å²) in [5.41, 5.74) is -0.396. The van der Waals surface area contributed by atoms with Crippen molar-refractivity contribution in [2.75, 3.05) is 7.11 Å². The van der Waals surface area contributed by atoms with Crippen LogP contribution in [0.15, 0.2) is 42.0 Å². The van der Waals surface area contributed by atoms with E-state index < -0.39 is 17.7 Å². The Morgan fingerprint density at radius 1 is 1.12 bits per heavy atom. The van der Waals surface area contributed by atoms with E-state index in [-0.39, 0.29) is 11.3 Å². The van der Waals surface area contributed by atoms with Crippen molar-refractivity contribution >= 4 is 6.08 Å². The van der Waals surface area contributed by atoms with E-state index in [0.717, 1.165) is 18.4 Å². The highest BCUT2D eigenvalue weighted by Crippen LogP contribution is 2.52. The van der Waals surface area contributed by atoms with Gasteiger partial charge in [0.05, 0.1) is 7.11 Å². The second-order valence-electron chi connectivity index (χ2n) is 9.14. The smallest absolute Gasteiger partial charge is 0.421 e. The van der Waals surface area contributed by atoms with E-state index >= 15 is 0 Å². The Balaban J connectivity index is 2.39. The first-order chi connectivity index (χ1) is 15.0. The van der Waals surface area contributed by atoms with Gasteiger partial charge in [-0.2, -0.15) is 13.2 Å². The summed E-state index contributed by atoms with van der Waals surface area (Å²) in [7, 11) is 1.35. The first kappa shape index (κ1) is 26.2. The van der Waals surface area contributed by atoms with Crippen LogP contribution in [0.4, 0.5) is 13.2 Å². The predicted molar refractivity (Wildman–Crippen MR) is 126 cm³/mol. The van der Waals surface area contributed by atoms with Gasteiger partial charge in [0.15, 0.2) is 5.60 Å². The number of aliphatic hydroxyl groups is 1. The maximum atomic E-state index is 14.3. The summed E-state index contributed by atoms with van der Waals surface area (Å²) in [6.45, 7) is 8.02. The van der Waals surface area contributed by atoms with Crippen molar-refractivity contribution in [2.45, 2.75) is 78.0 Å². The molecule has 0 amide bonds. The lowest BCUT2D eigenvalue weighted by atomic mass is 9.70. The van der Waals surface area contributed by atoms with Gasteiger partial charge in [-0.15, -0.1) is 0 Å². The van der Waals surface area contributed by atoms with Gasteiger partial charge >= 0.3 is 6.18 Å². The number of allylic oxidation sites excluding steroid dienone is 5. The quantitative estimate of drug-likeness (QED) is 0.408. The van der Waals surface area contributed by atoms with Gasteiger partial charge in [-0.05, 0) is 62.3 Å². The van der Waals surface area contributed by atoms with Crippen LogP contribution in [0.25, 0.3) is 6.08 Å². The molecule has 0 aliphatic heterocycles. The van der Waals surface area contributed by atoms with Gasteiger partial charge in [0.2, 0.25) is 0 Å². The van der Waals surface area contributed by atoms with E-state index in [9.17, 15) is 18.3 Å². The van der Waals surface area contributed by atoms with Crippen molar-refractivity contribution in [3.05, 3.63) is 58.7 Å². The minimum absolute atomic E-state index is 0.0661. The molecule has 0 heterocycles. The number of ether oxygens (including phenoxy) is 1. The van der Waals surface area contributed by atoms with Crippen molar-refractivity contribution < 1.29 is 23.0 Å². The lowest BCUT2D eigenvalue weighted by Crippen LogP contribution is -2.49. The summed E-state index contributed by atoms with van der Waals surface area (Å²) in [4.78, 5) is 0. The third kappa shape index (κ3) is 6.06. The highest BCUT2D eigenvalue weighted by Gasteiger charge is 2.60. The minimum Gasteiger partial charge on any atom is -0.496 e. The molecule has 0 spiro atoms. The zero-order valence-electron chi connectivity index (χ0n) is 19.9. The maximum Gasteiger partial charge on any atom is 0.421 e. The molecule has 0 bridgehead atoms. The number of methoxy groups -OCH3 is 1. The second kappa shape index (κ2) is 11.2. The van der Waals surface area contributed by atoms with Gasteiger partial charge < -0.3 is 9.84 Å². The van der Waals surface area contributed by atoms with Gasteiger partial charge in [0.25, 0.3) is 0 Å². The van der Waals surface area contributed by atoms with Gasteiger partial charge in [0.1, 0.15) is 5.75 Å². The molecule has 5 heteroatoms. The van der Waals surface area contributed by atoms with Crippen LogP contribution < -0.4 is 4.74 Å². The molecule has 2 rings (SSSR count). The summed E-state index contributed by atoms with van der Waals surface area (Å²) < 4.78 is 48.2. The van der Waals surface area contributed by atoms with E-state index in [1.807, 2.05) is 31.2 Å². The molecule has 1 aliphatic rings. The zero-order valence-corrected chi connectivity index (χ0v) is 19.9. The molecule has 0 aromatic heterocycles. The lowest BCUT2D eigenvalue weighted by Gasteiger charge is -2.41. The lowest BCUT2D eigenvalue weighted by molar-refractivity contribution is -0.291. The molecule has 1 aromatic rings. The number of halogens is 3. The van der Waals surface area contributed by atoms with Crippen molar-refractivity contribution in [2.24, 2.45) is 11.8 Å². The molecule has 1 atom stereocenters. The van der Waals surface area contributed by atoms with Crippen LogP contribution in [0, 0.1) is 18.8 Å². The summed E-state index contributed by atoms with van der Waals surface area (Å²) >= 11 is 0. The van der Waals surface area contributed by atoms with Crippen molar-refractivity contribution in [3.63, 3.8) is 0 Å². The normalized spacial score (nSPS) is 22.5. The number of benzene rings is 1. The fourth-order valence-electron chi connectivity index (χ4n) is 4.55. The van der Waals surface area contributed by atoms with Crippen LogP contribution in [-0.4, -0.2) is 18.4 Å². The SMILES string of the molecule is CCCC(C)=C/C=C\C=C\c1cc(OC)c(C(O)(C2CCC(C)CC2)C(F)(F)F)cc1C. The average Bonchev–Trinajstić information content (AvgIpc) is 2.73. The van der Waals surface area contributed by atoms with Gasteiger partial charge in [-0.3, -0.25) is 0 Å². The van der Waals surface area contributed by atoms with E-state index in [0.29, 0.717) is 37.2 Å². The molecule has 178 valence electrons. The Bertz CT molecular complexity index is 843. The molecule has 1 saturated carbocycles. The molecule has 1 unspecified atom stereocenters. The topological polar surface area (TPSA) is 29.5 Å². The molecular formula is C27H37F3O2. The number of hydrogen-bond donors (Lipinski definition) is 1. The highest BCUT2D eigenvalue weighted by atomic mass is 19.4. The molecule has 32 heavy (non-hydrogen) atoms. The third-order valence-corrected chi connectivity index (χ3v) is 6.56. The van der Waals surface area contributed by atoms with E-state index in [4.69, 9.17) is 4.74 Å². The van der Waals surface area contributed by atoms with Crippen LogP contribution in [0.2, 0.25) is 0 Å². The van der Waals surface area contributed by atoms with E-state index in [1.165, 1.54) is 18.7 Å². The minimum atomic E-state index is -4.79.